The van der Waals surface area contributed by atoms with Gasteiger partial charge in [-0.15, -0.1) is 0 Å². The highest BCUT2D eigenvalue weighted by Gasteiger charge is 2.59. The second-order valence-corrected chi connectivity index (χ2v) is 21.2. The van der Waals surface area contributed by atoms with E-state index in [-0.39, 0.29) is 12.1 Å². The molecule has 0 spiro atoms. The van der Waals surface area contributed by atoms with Crippen molar-refractivity contribution in [1.82, 2.24) is 0 Å². The number of fused-ring (bicyclic) bond motifs is 5. The minimum atomic E-state index is 0.0688. The number of esters is 1. The van der Waals surface area contributed by atoms with Crippen molar-refractivity contribution in [2.75, 3.05) is 0 Å². The quantitative estimate of drug-likeness (QED) is 0.0414. The number of rotatable bonds is 30. The second-order valence-electron chi connectivity index (χ2n) is 21.2. The van der Waals surface area contributed by atoms with E-state index in [1.165, 1.54) is 199 Å². The maximum absolute atomic E-state index is 12.9. The average molecular weight is 765 g/mol. The van der Waals surface area contributed by atoms with E-state index in [0.717, 1.165) is 54.8 Å². The predicted molar refractivity (Wildman–Crippen MR) is 239 cm³/mol. The lowest BCUT2D eigenvalue weighted by atomic mass is 9.47. The lowest BCUT2D eigenvalue weighted by Crippen LogP contribution is -2.51. The topological polar surface area (TPSA) is 26.3 Å². The van der Waals surface area contributed by atoms with Gasteiger partial charge in [-0.25, -0.2) is 0 Å². The highest BCUT2D eigenvalue weighted by atomic mass is 16.5. The molecule has 0 bridgehead atoms. The second kappa shape index (κ2) is 25.6. The van der Waals surface area contributed by atoms with Gasteiger partial charge in [0.25, 0.3) is 0 Å². The van der Waals surface area contributed by atoms with Gasteiger partial charge in [-0.2, -0.15) is 0 Å². The summed E-state index contributed by atoms with van der Waals surface area (Å²) < 4.78 is 6.16. The third kappa shape index (κ3) is 15.1. The standard InChI is InChI=1S/C53H96O2/c1-7-8-9-10-11-12-13-14-15-16-17-18-19-20-21-22-23-24-25-26-27-28-29-33-51(54)55-46-38-40-52(5)45(42-46)34-35-47-49-37-36-48(44(4)32-30-31-43(2)3)53(49,6)41-39-50(47)52/h34,43-44,46-50H,7-33,35-42H2,1-6H3/t44?,46-,47-,48+,49-,50-,52-,53+/m0/s1. The summed E-state index contributed by atoms with van der Waals surface area (Å²) in [6, 6.07) is 0. The number of ether oxygens (including phenoxy) is 1. The molecule has 0 aliphatic heterocycles. The van der Waals surface area contributed by atoms with Crippen molar-refractivity contribution in [1.29, 1.82) is 0 Å². The number of hydrogen-bond acceptors (Lipinski definition) is 2. The van der Waals surface area contributed by atoms with Gasteiger partial charge >= 0.3 is 5.97 Å². The van der Waals surface area contributed by atoms with Crippen LogP contribution >= 0.6 is 0 Å². The molecule has 0 aromatic heterocycles. The minimum absolute atomic E-state index is 0.0688. The van der Waals surface area contributed by atoms with Gasteiger partial charge in [-0.3, -0.25) is 4.79 Å². The van der Waals surface area contributed by atoms with Gasteiger partial charge in [0.15, 0.2) is 0 Å². The first kappa shape index (κ1) is 46.9. The molecule has 320 valence electrons. The van der Waals surface area contributed by atoms with Crippen molar-refractivity contribution in [2.45, 2.75) is 272 Å². The molecule has 0 saturated heterocycles. The summed E-state index contributed by atoms with van der Waals surface area (Å²) in [5, 5.41) is 0. The van der Waals surface area contributed by atoms with Crippen LogP contribution in [0.15, 0.2) is 11.6 Å². The fourth-order valence-electron chi connectivity index (χ4n) is 13.1. The molecule has 4 aliphatic rings. The molecule has 3 saturated carbocycles. The normalized spacial score (nSPS) is 29.4. The van der Waals surface area contributed by atoms with Crippen LogP contribution in [0.5, 0.6) is 0 Å². The number of allylic oxidation sites excluding steroid dienone is 1. The summed E-state index contributed by atoms with van der Waals surface area (Å²) in [6.45, 7) is 15.0. The van der Waals surface area contributed by atoms with Crippen LogP contribution in [0, 0.1) is 46.3 Å². The number of carbonyl (C=O) groups excluding carboxylic acids is 1. The van der Waals surface area contributed by atoms with E-state index in [2.05, 4.69) is 47.6 Å². The summed E-state index contributed by atoms with van der Waals surface area (Å²) in [5.41, 5.74) is 2.54. The Bertz CT molecular complexity index is 1060. The molecule has 0 aromatic carbocycles. The van der Waals surface area contributed by atoms with Crippen molar-refractivity contribution in [2.24, 2.45) is 46.3 Å². The molecule has 4 rings (SSSR count). The van der Waals surface area contributed by atoms with Crippen LogP contribution in [-0.4, -0.2) is 12.1 Å². The van der Waals surface area contributed by atoms with E-state index in [1.54, 1.807) is 5.57 Å². The van der Waals surface area contributed by atoms with E-state index in [0.29, 0.717) is 17.3 Å². The van der Waals surface area contributed by atoms with Crippen molar-refractivity contribution < 1.29 is 9.53 Å². The fourth-order valence-corrected chi connectivity index (χ4v) is 13.1. The first-order valence-electron chi connectivity index (χ1n) is 25.6. The van der Waals surface area contributed by atoms with E-state index in [1.807, 2.05) is 0 Å². The number of unbranched alkanes of at least 4 members (excludes halogenated alkanes) is 22. The summed E-state index contributed by atoms with van der Waals surface area (Å²) in [4.78, 5) is 12.9. The molecule has 55 heavy (non-hydrogen) atoms. The van der Waals surface area contributed by atoms with E-state index in [4.69, 9.17) is 4.74 Å². The van der Waals surface area contributed by atoms with Gasteiger partial charge in [-0.1, -0.05) is 214 Å². The SMILES string of the molecule is CCCCCCCCCCCCCCCCCCCCCCCCCC(=O)O[C@H]1CC[C@@]2(C)C(=CC[C@H]3[C@@H]4CC[C@H](C(C)CCCC(C)C)[C@@]4(C)CC[C@@H]32)C1. The van der Waals surface area contributed by atoms with Gasteiger partial charge in [0.05, 0.1) is 0 Å². The van der Waals surface area contributed by atoms with Crippen LogP contribution in [0.2, 0.25) is 0 Å². The Hall–Kier alpha value is -0.790. The summed E-state index contributed by atoms with van der Waals surface area (Å²) in [5.74, 6) is 5.34. The smallest absolute Gasteiger partial charge is 0.306 e. The zero-order chi connectivity index (χ0) is 39.4. The van der Waals surface area contributed by atoms with Crippen LogP contribution in [0.3, 0.4) is 0 Å². The molecule has 1 unspecified atom stereocenters. The first-order valence-corrected chi connectivity index (χ1v) is 25.6. The molecule has 2 nitrogen and oxygen atoms in total. The van der Waals surface area contributed by atoms with Crippen LogP contribution < -0.4 is 0 Å². The fraction of sp³-hybridized carbons (Fsp3) is 0.943. The van der Waals surface area contributed by atoms with Crippen molar-refractivity contribution in [3.8, 4) is 0 Å². The zero-order valence-corrected chi connectivity index (χ0v) is 38.2. The van der Waals surface area contributed by atoms with Crippen molar-refractivity contribution in [3.05, 3.63) is 11.6 Å². The van der Waals surface area contributed by atoms with Crippen LogP contribution in [0.25, 0.3) is 0 Å². The Kier molecular flexibility index (Phi) is 21.9. The van der Waals surface area contributed by atoms with Crippen LogP contribution in [0.4, 0.5) is 0 Å². The molecule has 4 aliphatic carbocycles. The number of hydrogen-bond donors (Lipinski definition) is 0. The van der Waals surface area contributed by atoms with Gasteiger partial charge in [0.1, 0.15) is 6.10 Å². The Morgan fingerprint density at radius 2 is 1.16 bits per heavy atom. The molecule has 0 aromatic rings. The number of carbonyl (C=O) groups is 1. The molecule has 8 atom stereocenters. The van der Waals surface area contributed by atoms with E-state index >= 15 is 0 Å². The Morgan fingerprint density at radius 1 is 0.636 bits per heavy atom. The zero-order valence-electron chi connectivity index (χ0n) is 38.2. The van der Waals surface area contributed by atoms with Crippen molar-refractivity contribution >= 4 is 5.97 Å². The van der Waals surface area contributed by atoms with Gasteiger partial charge in [0, 0.05) is 12.8 Å². The maximum Gasteiger partial charge on any atom is 0.306 e. The summed E-state index contributed by atoms with van der Waals surface area (Å²) in [7, 11) is 0. The van der Waals surface area contributed by atoms with Gasteiger partial charge in [-0.05, 0) is 97.7 Å². The van der Waals surface area contributed by atoms with Crippen molar-refractivity contribution in [3.63, 3.8) is 0 Å². The molecular formula is C53H96O2. The van der Waals surface area contributed by atoms with E-state index in [9.17, 15) is 4.79 Å². The molecule has 2 heteroatoms. The molecular weight excluding hydrogens is 669 g/mol. The highest BCUT2D eigenvalue weighted by Crippen LogP contribution is 2.67. The van der Waals surface area contributed by atoms with Crippen LogP contribution in [-0.2, 0) is 9.53 Å². The highest BCUT2D eigenvalue weighted by molar-refractivity contribution is 5.69. The van der Waals surface area contributed by atoms with Gasteiger partial charge < -0.3 is 4.74 Å². The first-order chi connectivity index (χ1) is 26.7. The summed E-state index contributed by atoms with van der Waals surface area (Å²) >= 11 is 0. The lowest BCUT2D eigenvalue weighted by Gasteiger charge is -2.58. The molecule has 0 radical (unpaired) electrons. The summed E-state index contributed by atoms with van der Waals surface area (Å²) in [6.07, 6.45) is 50.2. The Morgan fingerprint density at radius 3 is 1.69 bits per heavy atom. The van der Waals surface area contributed by atoms with E-state index < -0.39 is 0 Å². The van der Waals surface area contributed by atoms with Crippen LogP contribution in [0.1, 0.15) is 266 Å². The third-order valence-corrected chi connectivity index (χ3v) is 16.5. The average Bonchev–Trinajstić information content (AvgIpc) is 3.52. The van der Waals surface area contributed by atoms with Gasteiger partial charge in [0.2, 0.25) is 0 Å². The maximum atomic E-state index is 12.9. The molecule has 0 heterocycles. The third-order valence-electron chi connectivity index (χ3n) is 16.5. The minimum Gasteiger partial charge on any atom is -0.462 e. The molecule has 3 fully saturated rings. The molecule has 0 amide bonds. The monoisotopic (exact) mass is 765 g/mol. The lowest BCUT2D eigenvalue weighted by molar-refractivity contribution is -0.151. The largest absolute Gasteiger partial charge is 0.462 e. The predicted octanol–water partition coefficient (Wildman–Crippen LogP) is 17.3. The molecule has 0 N–H and O–H groups in total. The Balaban J connectivity index is 0.978. The Labute approximate surface area is 344 Å².